The molecule has 6 heteroatoms. The van der Waals surface area contributed by atoms with E-state index in [-0.39, 0.29) is 6.04 Å². The second kappa shape index (κ2) is 7.47. The number of benzene rings is 2. The Labute approximate surface area is 142 Å². The third-order valence-corrected chi connectivity index (χ3v) is 4.58. The van der Waals surface area contributed by atoms with E-state index in [0.29, 0.717) is 16.5 Å². The van der Waals surface area contributed by atoms with Crippen LogP contribution in [0.15, 0.2) is 40.9 Å². The second-order valence-electron chi connectivity index (χ2n) is 4.52. The van der Waals surface area contributed by atoms with Crippen LogP contribution in [0.5, 0.6) is 5.75 Å². The Morgan fingerprint density at radius 1 is 1.29 bits per heavy atom. The van der Waals surface area contributed by atoms with Gasteiger partial charge in [0.05, 0.1) is 23.2 Å². The summed E-state index contributed by atoms with van der Waals surface area (Å²) in [5, 5.41) is 1.09. The third kappa shape index (κ3) is 3.90. The summed E-state index contributed by atoms with van der Waals surface area (Å²) in [6, 6.07) is 11.2. The van der Waals surface area contributed by atoms with Gasteiger partial charge in [-0.1, -0.05) is 57.3 Å². The number of hydrogen-bond donors (Lipinski definition) is 2. The van der Waals surface area contributed by atoms with Crippen molar-refractivity contribution in [1.82, 2.24) is 5.43 Å². The molecule has 0 heterocycles. The highest BCUT2D eigenvalue weighted by Gasteiger charge is 2.17. The van der Waals surface area contributed by atoms with Crippen molar-refractivity contribution in [3.63, 3.8) is 0 Å². The molecule has 0 amide bonds. The topological polar surface area (TPSA) is 47.3 Å². The van der Waals surface area contributed by atoms with Gasteiger partial charge < -0.3 is 4.74 Å². The van der Waals surface area contributed by atoms with E-state index in [1.54, 1.807) is 13.2 Å². The SMILES string of the molecule is COc1cc(Br)ccc1C(Cc1cccc(Cl)c1Cl)NN. The van der Waals surface area contributed by atoms with Crippen molar-refractivity contribution in [2.24, 2.45) is 5.84 Å². The second-order valence-corrected chi connectivity index (χ2v) is 6.22. The minimum Gasteiger partial charge on any atom is -0.496 e. The van der Waals surface area contributed by atoms with E-state index in [9.17, 15) is 0 Å². The van der Waals surface area contributed by atoms with Crippen LogP contribution >= 0.6 is 39.1 Å². The molecule has 3 N–H and O–H groups in total. The molecule has 112 valence electrons. The summed E-state index contributed by atoms with van der Waals surface area (Å²) in [6.45, 7) is 0. The van der Waals surface area contributed by atoms with Crippen LogP contribution in [-0.2, 0) is 6.42 Å². The summed E-state index contributed by atoms with van der Waals surface area (Å²) in [7, 11) is 1.63. The van der Waals surface area contributed by atoms with Crippen LogP contribution in [0.3, 0.4) is 0 Å². The lowest BCUT2D eigenvalue weighted by atomic mass is 9.98. The van der Waals surface area contributed by atoms with Gasteiger partial charge in [0.1, 0.15) is 5.75 Å². The van der Waals surface area contributed by atoms with Crippen molar-refractivity contribution >= 4 is 39.1 Å². The quantitative estimate of drug-likeness (QED) is 0.584. The van der Waals surface area contributed by atoms with Gasteiger partial charge in [0, 0.05) is 10.0 Å². The summed E-state index contributed by atoms with van der Waals surface area (Å²) >= 11 is 15.7. The average molecular weight is 390 g/mol. The fourth-order valence-electron chi connectivity index (χ4n) is 2.16. The standard InChI is InChI=1S/C15H15BrCl2N2O/c1-21-14-8-10(16)5-6-11(14)13(20-19)7-9-3-2-4-12(17)15(9)18/h2-6,8,13,20H,7,19H2,1H3. The molecule has 21 heavy (non-hydrogen) atoms. The fraction of sp³-hybridized carbons (Fsp3) is 0.200. The molecule has 1 atom stereocenters. The van der Waals surface area contributed by atoms with E-state index in [2.05, 4.69) is 21.4 Å². The molecule has 0 aromatic heterocycles. The molecule has 0 aliphatic carbocycles. The van der Waals surface area contributed by atoms with Crippen molar-refractivity contribution in [1.29, 1.82) is 0 Å². The van der Waals surface area contributed by atoms with Crippen LogP contribution in [0, 0.1) is 0 Å². The largest absolute Gasteiger partial charge is 0.496 e. The van der Waals surface area contributed by atoms with Crippen LogP contribution in [-0.4, -0.2) is 7.11 Å². The van der Waals surface area contributed by atoms with Gasteiger partial charge in [-0.2, -0.15) is 0 Å². The van der Waals surface area contributed by atoms with Gasteiger partial charge >= 0.3 is 0 Å². The molecule has 1 unspecified atom stereocenters. The van der Waals surface area contributed by atoms with Crippen molar-refractivity contribution < 1.29 is 4.74 Å². The first-order valence-corrected chi connectivity index (χ1v) is 7.84. The minimum absolute atomic E-state index is 0.135. The smallest absolute Gasteiger partial charge is 0.124 e. The molecule has 3 nitrogen and oxygen atoms in total. The third-order valence-electron chi connectivity index (χ3n) is 3.23. The van der Waals surface area contributed by atoms with Gasteiger partial charge in [-0.25, -0.2) is 0 Å². The predicted molar refractivity (Wildman–Crippen MR) is 90.9 cm³/mol. The maximum Gasteiger partial charge on any atom is 0.124 e. The zero-order valence-corrected chi connectivity index (χ0v) is 14.5. The molecular weight excluding hydrogens is 375 g/mol. The molecule has 0 fully saturated rings. The summed E-state index contributed by atoms with van der Waals surface area (Å²) < 4.78 is 6.36. The van der Waals surface area contributed by atoms with E-state index < -0.39 is 0 Å². The number of hydrazine groups is 1. The van der Waals surface area contributed by atoms with Crippen LogP contribution in [0.4, 0.5) is 0 Å². The molecule has 0 saturated heterocycles. The van der Waals surface area contributed by atoms with Crippen molar-refractivity contribution in [3.8, 4) is 5.75 Å². The van der Waals surface area contributed by atoms with E-state index in [0.717, 1.165) is 21.3 Å². The van der Waals surface area contributed by atoms with Crippen molar-refractivity contribution in [2.45, 2.75) is 12.5 Å². The number of rotatable bonds is 5. The summed E-state index contributed by atoms with van der Waals surface area (Å²) in [5.41, 5.74) is 4.70. The molecule has 0 bridgehead atoms. The Kier molecular flexibility index (Phi) is 5.90. The predicted octanol–water partition coefficient (Wildman–Crippen LogP) is 4.51. The molecule has 2 aromatic carbocycles. The number of nitrogens with two attached hydrogens (primary N) is 1. The first-order chi connectivity index (χ1) is 10.1. The van der Waals surface area contributed by atoms with Crippen molar-refractivity contribution in [2.75, 3.05) is 7.11 Å². The Morgan fingerprint density at radius 2 is 2.05 bits per heavy atom. The molecule has 0 spiro atoms. The summed E-state index contributed by atoms with van der Waals surface area (Å²) in [4.78, 5) is 0. The lowest BCUT2D eigenvalue weighted by Gasteiger charge is -2.20. The number of halogens is 3. The Morgan fingerprint density at radius 3 is 2.71 bits per heavy atom. The fourth-order valence-corrected chi connectivity index (χ4v) is 2.89. The van der Waals surface area contributed by atoms with E-state index in [1.807, 2.05) is 30.3 Å². The molecule has 0 aliphatic heterocycles. The lowest BCUT2D eigenvalue weighted by molar-refractivity contribution is 0.398. The normalized spacial score (nSPS) is 12.2. The number of ether oxygens (including phenoxy) is 1. The first kappa shape index (κ1) is 16.6. The molecular formula is C15H15BrCl2N2O. The Bertz CT molecular complexity index is 637. The zero-order valence-electron chi connectivity index (χ0n) is 11.4. The first-order valence-electron chi connectivity index (χ1n) is 6.29. The minimum atomic E-state index is -0.135. The Balaban J connectivity index is 2.34. The van der Waals surface area contributed by atoms with Gasteiger partial charge in [-0.15, -0.1) is 0 Å². The summed E-state index contributed by atoms with van der Waals surface area (Å²) in [6.07, 6.45) is 0.605. The van der Waals surface area contributed by atoms with Gasteiger partial charge in [0.15, 0.2) is 0 Å². The zero-order chi connectivity index (χ0) is 15.4. The molecule has 0 radical (unpaired) electrons. The number of hydrogen-bond acceptors (Lipinski definition) is 3. The molecule has 2 aromatic rings. The molecule has 0 aliphatic rings. The van der Waals surface area contributed by atoms with Crippen LogP contribution < -0.4 is 16.0 Å². The number of nitrogens with one attached hydrogen (secondary N) is 1. The monoisotopic (exact) mass is 388 g/mol. The van der Waals surface area contributed by atoms with Crippen LogP contribution in [0.25, 0.3) is 0 Å². The highest BCUT2D eigenvalue weighted by Crippen LogP contribution is 2.33. The molecule has 0 saturated carbocycles. The maximum absolute atomic E-state index is 6.24. The highest BCUT2D eigenvalue weighted by molar-refractivity contribution is 9.10. The van der Waals surface area contributed by atoms with E-state index in [1.165, 1.54) is 0 Å². The van der Waals surface area contributed by atoms with E-state index >= 15 is 0 Å². The van der Waals surface area contributed by atoms with E-state index in [4.69, 9.17) is 33.8 Å². The van der Waals surface area contributed by atoms with Crippen LogP contribution in [0.1, 0.15) is 17.2 Å². The van der Waals surface area contributed by atoms with Gasteiger partial charge in [-0.05, 0) is 30.2 Å². The van der Waals surface area contributed by atoms with Gasteiger partial charge in [0.2, 0.25) is 0 Å². The lowest BCUT2D eigenvalue weighted by Crippen LogP contribution is -2.30. The van der Waals surface area contributed by atoms with Crippen molar-refractivity contribution in [3.05, 3.63) is 62.0 Å². The maximum atomic E-state index is 6.24. The van der Waals surface area contributed by atoms with Gasteiger partial charge in [-0.3, -0.25) is 11.3 Å². The van der Waals surface area contributed by atoms with Crippen LogP contribution in [0.2, 0.25) is 10.0 Å². The van der Waals surface area contributed by atoms with Gasteiger partial charge in [0.25, 0.3) is 0 Å². The average Bonchev–Trinajstić information content (AvgIpc) is 2.49. The highest BCUT2D eigenvalue weighted by atomic mass is 79.9. The summed E-state index contributed by atoms with van der Waals surface area (Å²) in [5.74, 6) is 6.46. The Hall–Kier alpha value is -0.780. The number of methoxy groups -OCH3 is 1. The molecule has 2 rings (SSSR count).